The van der Waals surface area contributed by atoms with Crippen molar-refractivity contribution in [2.75, 3.05) is 58.2 Å². The number of rotatable bonds is 10. The van der Waals surface area contributed by atoms with Gasteiger partial charge in [-0.25, -0.2) is 0 Å². The molecule has 0 aliphatic carbocycles. The number of hydrogen-bond donors (Lipinski definition) is 1. The van der Waals surface area contributed by atoms with Crippen LogP contribution in [0, 0.1) is 0 Å². The quantitative estimate of drug-likeness (QED) is 0.579. The molecule has 0 amide bonds. The molecule has 4 nitrogen and oxygen atoms in total. The lowest BCUT2D eigenvalue weighted by Gasteiger charge is -2.11. The highest BCUT2D eigenvalue weighted by Gasteiger charge is 2.13. The van der Waals surface area contributed by atoms with Gasteiger partial charge in [0, 0.05) is 25.4 Å². The van der Waals surface area contributed by atoms with Crippen LogP contribution in [-0.4, -0.2) is 64.2 Å². The van der Waals surface area contributed by atoms with Crippen LogP contribution in [0.3, 0.4) is 0 Å². The molecular weight excluding hydrogens is 226 g/mol. The van der Waals surface area contributed by atoms with Crippen LogP contribution < -0.4 is 5.32 Å². The van der Waals surface area contributed by atoms with Gasteiger partial charge < -0.3 is 19.5 Å². The summed E-state index contributed by atoms with van der Waals surface area (Å²) < 4.78 is 15.6. The van der Waals surface area contributed by atoms with Gasteiger partial charge >= 0.3 is 0 Å². The average Bonchev–Trinajstić information content (AvgIpc) is 2.80. The Morgan fingerprint density at radius 3 is 2.56 bits per heavy atom. The van der Waals surface area contributed by atoms with E-state index in [0.29, 0.717) is 32.5 Å². The standard InChI is InChI=1S/C11H23NO3S/c1-13-5-6-15-8-7-14-4-3-12-11-2-9-16-10-11/h11-12H,2-10H2,1H3. The second-order valence-corrected chi connectivity index (χ2v) is 4.88. The van der Waals surface area contributed by atoms with Gasteiger partial charge in [0.15, 0.2) is 0 Å². The van der Waals surface area contributed by atoms with Crippen LogP contribution in [0.5, 0.6) is 0 Å². The molecule has 1 heterocycles. The molecular formula is C11H23NO3S. The van der Waals surface area contributed by atoms with Crippen molar-refractivity contribution in [2.45, 2.75) is 12.5 Å². The van der Waals surface area contributed by atoms with Crippen molar-refractivity contribution in [3.63, 3.8) is 0 Å². The molecule has 1 fully saturated rings. The average molecular weight is 249 g/mol. The Balaban J connectivity index is 1.71. The topological polar surface area (TPSA) is 39.7 Å². The SMILES string of the molecule is COCCOCCOCCNC1CCSC1. The first-order valence-corrected chi connectivity index (χ1v) is 7.04. The number of hydrogen-bond acceptors (Lipinski definition) is 5. The van der Waals surface area contributed by atoms with Crippen molar-refractivity contribution in [3.05, 3.63) is 0 Å². The van der Waals surface area contributed by atoms with Crippen molar-refractivity contribution in [1.82, 2.24) is 5.32 Å². The van der Waals surface area contributed by atoms with Crippen LogP contribution >= 0.6 is 11.8 Å². The summed E-state index contributed by atoms with van der Waals surface area (Å²) >= 11 is 2.03. The summed E-state index contributed by atoms with van der Waals surface area (Å²) in [7, 11) is 1.67. The molecule has 1 aliphatic rings. The van der Waals surface area contributed by atoms with Crippen LogP contribution in [0.2, 0.25) is 0 Å². The molecule has 0 aromatic heterocycles. The Morgan fingerprint density at radius 2 is 1.88 bits per heavy atom. The summed E-state index contributed by atoms with van der Waals surface area (Å²) in [6, 6.07) is 0.701. The van der Waals surface area contributed by atoms with Crippen molar-refractivity contribution in [2.24, 2.45) is 0 Å². The van der Waals surface area contributed by atoms with E-state index in [9.17, 15) is 0 Å². The molecule has 1 aliphatic heterocycles. The van der Waals surface area contributed by atoms with E-state index >= 15 is 0 Å². The molecule has 96 valence electrons. The predicted octanol–water partition coefficient (Wildman–Crippen LogP) is 0.761. The predicted molar refractivity (Wildman–Crippen MR) is 67.2 cm³/mol. The number of thioether (sulfide) groups is 1. The maximum atomic E-state index is 5.44. The fourth-order valence-corrected chi connectivity index (χ4v) is 2.68. The monoisotopic (exact) mass is 249 g/mol. The minimum absolute atomic E-state index is 0.650. The third-order valence-corrected chi connectivity index (χ3v) is 3.58. The Kier molecular flexibility index (Phi) is 9.22. The zero-order valence-corrected chi connectivity index (χ0v) is 10.9. The minimum atomic E-state index is 0.650. The zero-order chi connectivity index (χ0) is 11.5. The zero-order valence-electron chi connectivity index (χ0n) is 10.1. The lowest BCUT2D eigenvalue weighted by atomic mass is 10.3. The second-order valence-electron chi connectivity index (χ2n) is 3.73. The third kappa shape index (κ3) is 7.46. The van der Waals surface area contributed by atoms with Gasteiger partial charge in [-0.3, -0.25) is 0 Å². The van der Waals surface area contributed by atoms with Gasteiger partial charge in [-0.05, 0) is 12.2 Å². The van der Waals surface area contributed by atoms with Gasteiger partial charge in [0.25, 0.3) is 0 Å². The van der Waals surface area contributed by atoms with Gasteiger partial charge in [-0.15, -0.1) is 0 Å². The van der Waals surface area contributed by atoms with Gasteiger partial charge in [-0.2, -0.15) is 11.8 Å². The lowest BCUT2D eigenvalue weighted by molar-refractivity contribution is 0.0253. The van der Waals surface area contributed by atoms with Crippen molar-refractivity contribution in [1.29, 1.82) is 0 Å². The van der Waals surface area contributed by atoms with Crippen molar-refractivity contribution >= 4 is 11.8 Å². The Labute approximate surface area is 102 Å². The van der Waals surface area contributed by atoms with E-state index in [-0.39, 0.29) is 0 Å². The van der Waals surface area contributed by atoms with Crippen LogP contribution in [0.1, 0.15) is 6.42 Å². The number of ether oxygens (including phenoxy) is 3. The van der Waals surface area contributed by atoms with E-state index in [1.165, 1.54) is 17.9 Å². The van der Waals surface area contributed by atoms with Crippen LogP contribution in [0.15, 0.2) is 0 Å². The fourth-order valence-electron chi connectivity index (χ4n) is 1.49. The number of methoxy groups -OCH3 is 1. The molecule has 0 aromatic rings. The summed E-state index contributed by atoms with van der Waals surface area (Å²) in [6.45, 7) is 4.35. The molecule has 0 saturated carbocycles. The van der Waals surface area contributed by atoms with Gasteiger partial charge in [0.2, 0.25) is 0 Å². The minimum Gasteiger partial charge on any atom is -0.382 e. The van der Waals surface area contributed by atoms with Gasteiger partial charge in [0.1, 0.15) is 0 Å². The Morgan fingerprint density at radius 1 is 1.12 bits per heavy atom. The number of nitrogens with one attached hydrogen (secondary N) is 1. The summed E-state index contributed by atoms with van der Waals surface area (Å²) in [5.74, 6) is 2.55. The molecule has 0 aromatic carbocycles. The molecule has 5 heteroatoms. The smallest absolute Gasteiger partial charge is 0.0701 e. The molecule has 1 N–H and O–H groups in total. The third-order valence-electron chi connectivity index (χ3n) is 2.41. The first kappa shape index (κ1) is 14.3. The highest BCUT2D eigenvalue weighted by atomic mass is 32.2. The Bertz CT molecular complexity index is 154. The summed E-state index contributed by atoms with van der Waals surface area (Å²) in [4.78, 5) is 0. The second kappa shape index (κ2) is 10.4. The van der Waals surface area contributed by atoms with E-state index in [0.717, 1.165) is 13.2 Å². The highest BCUT2D eigenvalue weighted by molar-refractivity contribution is 7.99. The molecule has 1 rings (SSSR count). The normalized spacial score (nSPS) is 20.4. The highest BCUT2D eigenvalue weighted by Crippen LogP contribution is 2.16. The van der Waals surface area contributed by atoms with E-state index < -0.39 is 0 Å². The Hall–Kier alpha value is 0.190. The molecule has 0 radical (unpaired) electrons. The lowest BCUT2D eigenvalue weighted by Crippen LogP contribution is -2.31. The molecule has 1 unspecified atom stereocenters. The maximum absolute atomic E-state index is 5.44. The molecule has 1 atom stereocenters. The first-order valence-electron chi connectivity index (χ1n) is 5.89. The van der Waals surface area contributed by atoms with Crippen LogP contribution in [0.25, 0.3) is 0 Å². The largest absolute Gasteiger partial charge is 0.382 e. The van der Waals surface area contributed by atoms with Crippen molar-refractivity contribution in [3.8, 4) is 0 Å². The van der Waals surface area contributed by atoms with Crippen LogP contribution in [0.4, 0.5) is 0 Å². The van der Waals surface area contributed by atoms with E-state index in [1.54, 1.807) is 7.11 Å². The molecule has 16 heavy (non-hydrogen) atoms. The van der Waals surface area contributed by atoms with Crippen LogP contribution in [-0.2, 0) is 14.2 Å². The van der Waals surface area contributed by atoms with Crippen molar-refractivity contribution < 1.29 is 14.2 Å². The maximum Gasteiger partial charge on any atom is 0.0701 e. The van der Waals surface area contributed by atoms with E-state index in [4.69, 9.17) is 14.2 Å². The van der Waals surface area contributed by atoms with E-state index in [1.807, 2.05) is 11.8 Å². The van der Waals surface area contributed by atoms with Gasteiger partial charge in [-0.1, -0.05) is 0 Å². The first-order chi connectivity index (χ1) is 7.93. The fraction of sp³-hybridized carbons (Fsp3) is 1.00. The molecule has 1 saturated heterocycles. The molecule has 0 spiro atoms. The summed E-state index contributed by atoms with van der Waals surface area (Å²) in [5.41, 5.74) is 0. The molecule has 0 bridgehead atoms. The van der Waals surface area contributed by atoms with Gasteiger partial charge in [0.05, 0.1) is 33.0 Å². The summed E-state index contributed by atoms with van der Waals surface area (Å²) in [6.07, 6.45) is 1.30. The summed E-state index contributed by atoms with van der Waals surface area (Å²) in [5, 5.41) is 3.49. The van der Waals surface area contributed by atoms with E-state index in [2.05, 4.69) is 5.32 Å².